The third-order valence-corrected chi connectivity index (χ3v) is 6.12. The van der Waals surface area contributed by atoms with Gasteiger partial charge in [-0.25, -0.2) is 4.98 Å². The topological polar surface area (TPSA) is 87.7 Å². The fourth-order valence-electron chi connectivity index (χ4n) is 3.79. The number of hydrogen-bond acceptors (Lipinski definition) is 6. The van der Waals surface area contributed by atoms with Crippen molar-refractivity contribution in [2.75, 3.05) is 11.1 Å². The summed E-state index contributed by atoms with van der Waals surface area (Å²) in [4.78, 5) is 37.5. The number of H-pyrrole nitrogens is 1. The van der Waals surface area contributed by atoms with Gasteiger partial charge >= 0.3 is 0 Å². The number of carbonyl (C=O) groups is 1. The van der Waals surface area contributed by atoms with Crippen molar-refractivity contribution in [2.24, 2.45) is 5.92 Å². The Balaban J connectivity index is 1.79. The van der Waals surface area contributed by atoms with Crippen molar-refractivity contribution in [2.45, 2.75) is 50.6 Å². The van der Waals surface area contributed by atoms with Gasteiger partial charge in [0.25, 0.3) is 5.56 Å². The highest BCUT2D eigenvalue weighted by atomic mass is 32.2. The van der Waals surface area contributed by atoms with E-state index in [2.05, 4.69) is 29.1 Å². The summed E-state index contributed by atoms with van der Waals surface area (Å²) in [6, 6.07) is 3.74. The van der Waals surface area contributed by atoms with Crippen molar-refractivity contribution in [1.29, 1.82) is 0 Å². The van der Waals surface area contributed by atoms with Crippen molar-refractivity contribution in [3.8, 4) is 0 Å². The Hall–Kier alpha value is -2.41. The molecule has 3 heterocycles. The maximum atomic E-state index is 13.0. The molecule has 0 amide bonds. The second-order valence-electron chi connectivity index (χ2n) is 7.67. The summed E-state index contributed by atoms with van der Waals surface area (Å²) < 4.78 is 0. The molecule has 1 atom stereocenters. The van der Waals surface area contributed by atoms with Crippen LogP contribution in [0.2, 0.25) is 0 Å². The van der Waals surface area contributed by atoms with Gasteiger partial charge in [-0.3, -0.25) is 14.6 Å². The normalized spacial score (nSPS) is 18.7. The van der Waals surface area contributed by atoms with Gasteiger partial charge in [0.1, 0.15) is 5.82 Å². The number of ketones is 1. The first-order valence-electron chi connectivity index (χ1n) is 9.74. The summed E-state index contributed by atoms with van der Waals surface area (Å²) in [5.41, 5.74) is 2.84. The maximum Gasteiger partial charge on any atom is 0.257 e. The summed E-state index contributed by atoms with van der Waals surface area (Å²) in [5, 5.41) is 3.93. The van der Waals surface area contributed by atoms with Gasteiger partial charge in [-0.2, -0.15) is 0 Å². The highest BCUT2D eigenvalue weighted by Gasteiger charge is 2.37. The predicted molar refractivity (Wildman–Crippen MR) is 111 cm³/mol. The van der Waals surface area contributed by atoms with Gasteiger partial charge in [0.05, 0.1) is 5.56 Å². The fourth-order valence-corrected chi connectivity index (χ4v) is 4.89. The molecule has 0 bridgehead atoms. The number of aromatic amines is 1. The van der Waals surface area contributed by atoms with Gasteiger partial charge in [0.2, 0.25) is 0 Å². The minimum atomic E-state index is -0.395. The van der Waals surface area contributed by atoms with Crippen LogP contribution in [-0.4, -0.2) is 26.5 Å². The number of nitrogens with one attached hydrogen (secondary N) is 2. The zero-order valence-corrected chi connectivity index (χ0v) is 16.9. The molecule has 1 aliphatic carbocycles. The van der Waals surface area contributed by atoms with E-state index in [0.717, 1.165) is 36.3 Å². The van der Waals surface area contributed by atoms with E-state index in [4.69, 9.17) is 4.98 Å². The molecule has 0 radical (unpaired) electrons. The number of Topliss-reactive ketones (excluding diaryl/α,β-unsaturated/α-hetero) is 1. The molecule has 2 N–H and O–H groups in total. The SMILES string of the molecule is CC(C)CCSc1nc2c(c(=O)[nH]1)[C@@H](c1ccncc1)C1=C(CCCC1=O)N2. The molecule has 0 aromatic carbocycles. The van der Waals surface area contributed by atoms with Crippen LogP contribution in [0.3, 0.4) is 0 Å². The zero-order valence-electron chi connectivity index (χ0n) is 16.1. The first kappa shape index (κ1) is 18.9. The Labute approximate surface area is 168 Å². The smallest absolute Gasteiger partial charge is 0.257 e. The van der Waals surface area contributed by atoms with Crippen molar-refractivity contribution >= 4 is 23.4 Å². The molecular weight excluding hydrogens is 372 g/mol. The number of aromatic nitrogens is 3. The summed E-state index contributed by atoms with van der Waals surface area (Å²) in [7, 11) is 0. The van der Waals surface area contributed by atoms with Gasteiger partial charge in [0.15, 0.2) is 10.9 Å². The average molecular weight is 397 g/mol. The predicted octanol–water partition coefficient (Wildman–Crippen LogP) is 3.87. The lowest BCUT2D eigenvalue weighted by Gasteiger charge is -2.32. The Morgan fingerprint density at radius 1 is 1.21 bits per heavy atom. The summed E-state index contributed by atoms with van der Waals surface area (Å²) in [6.07, 6.45) is 6.59. The molecule has 0 spiro atoms. The first-order valence-corrected chi connectivity index (χ1v) is 10.7. The number of thioether (sulfide) groups is 1. The fraction of sp³-hybridized carbons (Fsp3) is 0.429. The Kier molecular flexibility index (Phi) is 5.35. The number of allylic oxidation sites excluding steroid dienone is 2. The number of fused-ring (bicyclic) bond motifs is 1. The van der Waals surface area contributed by atoms with Gasteiger partial charge in [-0.05, 0) is 42.9 Å². The van der Waals surface area contributed by atoms with E-state index in [1.54, 1.807) is 24.2 Å². The molecule has 146 valence electrons. The second-order valence-corrected chi connectivity index (χ2v) is 8.76. The summed E-state index contributed by atoms with van der Waals surface area (Å²) in [5.74, 6) is 1.79. The molecule has 2 aliphatic rings. The molecule has 4 rings (SSSR count). The van der Waals surface area contributed by atoms with Crippen LogP contribution in [0.25, 0.3) is 0 Å². The van der Waals surface area contributed by atoms with Crippen molar-refractivity contribution in [3.05, 3.63) is 57.3 Å². The van der Waals surface area contributed by atoms with E-state index in [9.17, 15) is 9.59 Å². The minimum Gasteiger partial charge on any atom is -0.343 e. The highest BCUT2D eigenvalue weighted by molar-refractivity contribution is 7.99. The maximum absolute atomic E-state index is 13.0. The lowest BCUT2D eigenvalue weighted by molar-refractivity contribution is -0.116. The van der Waals surface area contributed by atoms with Crippen LogP contribution in [-0.2, 0) is 4.79 Å². The molecule has 2 aromatic heterocycles. The van der Waals surface area contributed by atoms with E-state index in [1.165, 1.54) is 0 Å². The van der Waals surface area contributed by atoms with Gasteiger partial charge in [0, 0.05) is 41.8 Å². The number of anilines is 1. The number of rotatable bonds is 5. The minimum absolute atomic E-state index is 0.107. The van der Waals surface area contributed by atoms with Crippen LogP contribution in [0, 0.1) is 5.92 Å². The van der Waals surface area contributed by atoms with E-state index >= 15 is 0 Å². The van der Waals surface area contributed by atoms with Crippen LogP contribution in [0.4, 0.5) is 5.82 Å². The van der Waals surface area contributed by atoms with E-state index in [-0.39, 0.29) is 11.3 Å². The van der Waals surface area contributed by atoms with Gasteiger partial charge in [-0.1, -0.05) is 25.6 Å². The lowest BCUT2D eigenvalue weighted by atomic mass is 9.77. The largest absolute Gasteiger partial charge is 0.343 e. The Morgan fingerprint density at radius 2 is 2.00 bits per heavy atom. The number of hydrogen-bond donors (Lipinski definition) is 2. The average Bonchev–Trinajstić information content (AvgIpc) is 2.67. The molecular formula is C21H24N4O2S. The second kappa shape index (κ2) is 7.91. The van der Waals surface area contributed by atoms with Crippen molar-refractivity contribution in [3.63, 3.8) is 0 Å². The molecule has 6 nitrogen and oxygen atoms in total. The van der Waals surface area contributed by atoms with Crippen LogP contribution in [0.1, 0.15) is 56.6 Å². The van der Waals surface area contributed by atoms with Crippen LogP contribution in [0.5, 0.6) is 0 Å². The third-order valence-electron chi connectivity index (χ3n) is 5.21. The van der Waals surface area contributed by atoms with Gasteiger partial charge in [-0.15, -0.1) is 0 Å². The lowest BCUT2D eigenvalue weighted by Crippen LogP contribution is -2.32. The quantitative estimate of drug-likeness (QED) is 0.589. The summed E-state index contributed by atoms with van der Waals surface area (Å²) >= 11 is 1.56. The number of carbonyl (C=O) groups excluding carboxylic acids is 1. The molecule has 0 saturated heterocycles. The Morgan fingerprint density at radius 3 is 2.75 bits per heavy atom. The van der Waals surface area contributed by atoms with Gasteiger partial charge < -0.3 is 10.3 Å². The molecule has 1 aliphatic heterocycles. The molecule has 0 saturated carbocycles. The van der Waals surface area contributed by atoms with Crippen LogP contribution in [0.15, 0.2) is 45.7 Å². The number of pyridine rings is 1. The third kappa shape index (κ3) is 3.63. The van der Waals surface area contributed by atoms with E-state index in [0.29, 0.717) is 34.4 Å². The molecule has 0 unspecified atom stereocenters. The number of nitrogens with zero attached hydrogens (tertiary/aromatic N) is 2. The van der Waals surface area contributed by atoms with Crippen molar-refractivity contribution < 1.29 is 4.79 Å². The summed E-state index contributed by atoms with van der Waals surface area (Å²) in [6.45, 7) is 4.36. The highest BCUT2D eigenvalue weighted by Crippen LogP contribution is 2.43. The van der Waals surface area contributed by atoms with Crippen molar-refractivity contribution in [1.82, 2.24) is 15.0 Å². The molecule has 2 aromatic rings. The molecule has 0 fully saturated rings. The molecule has 28 heavy (non-hydrogen) atoms. The standard InChI is InChI=1S/C21H24N4O2S/c1-12(2)8-11-28-21-24-19-18(20(27)25-21)16(13-6-9-22-10-7-13)17-14(23-19)4-3-5-15(17)26/h6-7,9-10,12,16H,3-5,8,11H2,1-2H3,(H2,23,24,25,27)/t16-/m0/s1. The molecule has 7 heteroatoms. The van der Waals surface area contributed by atoms with Crippen LogP contribution < -0.4 is 10.9 Å². The first-order chi connectivity index (χ1) is 13.5. The van der Waals surface area contributed by atoms with Crippen LogP contribution >= 0.6 is 11.8 Å². The van der Waals surface area contributed by atoms with E-state index < -0.39 is 5.92 Å². The van der Waals surface area contributed by atoms with E-state index in [1.807, 2.05) is 12.1 Å². The Bertz CT molecular complexity index is 982. The monoisotopic (exact) mass is 396 g/mol. The zero-order chi connectivity index (χ0) is 19.7.